The van der Waals surface area contributed by atoms with Crippen LogP contribution < -0.4 is 0 Å². The van der Waals surface area contributed by atoms with Crippen LogP contribution >= 0.6 is 0 Å². The van der Waals surface area contributed by atoms with Crippen LogP contribution in [0, 0.1) is 5.92 Å². The van der Waals surface area contributed by atoms with Crippen molar-refractivity contribution in [1.29, 1.82) is 0 Å². The number of hydrogen-bond acceptors (Lipinski definition) is 1. The van der Waals surface area contributed by atoms with Gasteiger partial charge in [0.25, 0.3) is 0 Å². The highest BCUT2D eigenvalue weighted by atomic mass is 16.3. The van der Waals surface area contributed by atoms with Gasteiger partial charge >= 0.3 is 0 Å². The first-order valence-electron chi connectivity index (χ1n) is 7.36. The summed E-state index contributed by atoms with van der Waals surface area (Å²) in [5.74, 6) is 0.475. The van der Waals surface area contributed by atoms with E-state index in [0.29, 0.717) is 5.92 Å². The Labute approximate surface area is 111 Å². The van der Waals surface area contributed by atoms with Gasteiger partial charge in [-0.05, 0) is 24.3 Å². The normalized spacial score (nSPS) is 20.4. The fourth-order valence-corrected chi connectivity index (χ4v) is 3.25. The molecule has 1 saturated carbocycles. The van der Waals surface area contributed by atoms with Crippen LogP contribution in [0.1, 0.15) is 57.9 Å². The van der Waals surface area contributed by atoms with Crippen LogP contribution in [0.2, 0.25) is 0 Å². The quantitative estimate of drug-likeness (QED) is 0.789. The highest BCUT2D eigenvalue weighted by molar-refractivity contribution is 5.25. The number of aliphatic hydroxyl groups is 1. The second-order valence-electron chi connectivity index (χ2n) is 6.28. The molecule has 1 aromatic rings. The highest BCUT2D eigenvalue weighted by Gasteiger charge is 2.35. The summed E-state index contributed by atoms with van der Waals surface area (Å²) in [4.78, 5) is 0. The fourth-order valence-electron chi connectivity index (χ4n) is 3.25. The van der Waals surface area contributed by atoms with Gasteiger partial charge in [-0.1, -0.05) is 69.9 Å². The topological polar surface area (TPSA) is 20.2 Å². The van der Waals surface area contributed by atoms with E-state index in [-0.39, 0.29) is 11.5 Å². The Kier molecular flexibility index (Phi) is 4.45. The van der Waals surface area contributed by atoms with Crippen molar-refractivity contribution in [3.05, 3.63) is 35.9 Å². The maximum absolute atomic E-state index is 10.8. The summed E-state index contributed by atoms with van der Waals surface area (Å²) in [5.41, 5.74) is 1.11. The van der Waals surface area contributed by atoms with Crippen molar-refractivity contribution in [2.75, 3.05) is 0 Å². The monoisotopic (exact) mass is 246 g/mol. The van der Waals surface area contributed by atoms with E-state index in [9.17, 15) is 5.11 Å². The zero-order valence-corrected chi connectivity index (χ0v) is 11.7. The average Bonchev–Trinajstić information content (AvgIpc) is 2.67. The molecule has 1 atom stereocenters. The van der Waals surface area contributed by atoms with Crippen LogP contribution in [-0.2, 0) is 5.41 Å². The Balaban J connectivity index is 2.13. The molecular weight excluding hydrogens is 220 g/mol. The maximum Gasteiger partial charge on any atom is 0.0659 e. The number of hydrogen-bond donors (Lipinski definition) is 1. The van der Waals surface area contributed by atoms with Crippen molar-refractivity contribution in [3.63, 3.8) is 0 Å². The Hall–Kier alpha value is -0.820. The molecule has 1 heteroatoms. The van der Waals surface area contributed by atoms with E-state index >= 15 is 0 Å². The summed E-state index contributed by atoms with van der Waals surface area (Å²) in [6, 6.07) is 10.4. The van der Waals surface area contributed by atoms with Crippen molar-refractivity contribution in [1.82, 2.24) is 0 Å². The molecule has 0 heterocycles. The molecule has 0 saturated heterocycles. The van der Waals surface area contributed by atoms with Gasteiger partial charge in [-0.3, -0.25) is 0 Å². The molecule has 1 aromatic carbocycles. The van der Waals surface area contributed by atoms with E-state index in [4.69, 9.17) is 0 Å². The first-order valence-corrected chi connectivity index (χ1v) is 7.36. The van der Waals surface area contributed by atoms with E-state index in [0.717, 1.165) is 0 Å². The molecule has 2 rings (SSSR count). The molecule has 0 radical (unpaired) electrons. The van der Waals surface area contributed by atoms with E-state index in [2.05, 4.69) is 38.1 Å². The van der Waals surface area contributed by atoms with Gasteiger partial charge in [0, 0.05) is 5.41 Å². The zero-order chi connectivity index (χ0) is 13.0. The third-order valence-corrected chi connectivity index (χ3v) is 4.60. The lowest BCUT2D eigenvalue weighted by Gasteiger charge is -2.36. The molecule has 1 aliphatic carbocycles. The van der Waals surface area contributed by atoms with Crippen LogP contribution in [-0.4, -0.2) is 11.2 Å². The SMILES string of the molecule is CC(C)(c1ccccc1)C(O)C1CCCCCC1. The van der Waals surface area contributed by atoms with Crippen LogP contribution in [0.5, 0.6) is 0 Å². The summed E-state index contributed by atoms with van der Waals surface area (Å²) in [6.45, 7) is 4.36. The summed E-state index contributed by atoms with van der Waals surface area (Å²) in [6.07, 6.45) is 7.41. The van der Waals surface area contributed by atoms with Gasteiger partial charge in [0.2, 0.25) is 0 Å². The van der Waals surface area contributed by atoms with E-state index < -0.39 is 0 Å². The third kappa shape index (κ3) is 2.95. The molecule has 18 heavy (non-hydrogen) atoms. The fraction of sp³-hybridized carbons (Fsp3) is 0.647. The average molecular weight is 246 g/mol. The van der Waals surface area contributed by atoms with Gasteiger partial charge in [-0.15, -0.1) is 0 Å². The molecule has 1 N–H and O–H groups in total. The zero-order valence-electron chi connectivity index (χ0n) is 11.7. The molecule has 1 aliphatic rings. The molecule has 0 bridgehead atoms. The standard InChI is InChI=1S/C17H26O/c1-17(2,15-12-8-5-9-13-15)16(18)14-10-6-3-4-7-11-14/h5,8-9,12-14,16,18H,3-4,6-7,10-11H2,1-2H3. The number of benzene rings is 1. The molecule has 0 aliphatic heterocycles. The predicted octanol–water partition coefficient (Wildman–Crippen LogP) is 4.30. The number of aliphatic hydroxyl groups excluding tert-OH is 1. The smallest absolute Gasteiger partial charge is 0.0659 e. The lowest BCUT2D eigenvalue weighted by atomic mass is 9.72. The Bertz CT molecular complexity index is 347. The van der Waals surface area contributed by atoms with Crippen LogP contribution in [0.3, 0.4) is 0 Å². The van der Waals surface area contributed by atoms with Crippen molar-refractivity contribution in [2.45, 2.75) is 63.9 Å². The minimum Gasteiger partial charge on any atom is -0.392 e. The van der Waals surface area contributed by atoms with Gasteiger partial charge in [0.15, 0.2) is 0 Å². The maximum atomic E-state index is 10.8. The van der Waals surface area contributed by atoms with Crippen LogP contribution in [0.4, 0.5) is 0 Å². The van der Waals surface area contributed by atoms with Gasteiger partial charge in [0.05, 0.1) is 6.10 Å². The Morgan fingerprint density at radius 2 is 1.56 bits per heavy atom. The first-order chi connectivity index (χ1) is 8.62. The van der Waals surface area contributed by atoms with Crippen molar-refractivity contribution in [2.24, 2.45) is 5.92 Å². The van der Waals surface area contributed by atoms with E-state index in [1.807, 2.05) is 6.07 Å². The summed E-state index contributed by atoms with van der Waals surface area (Å²) >= 11 is 0. The molecule has 1 unspecified atom stereocenters. The Morgan fingerprint density at radius 3 is 2.11 bits per heavy atom. The molecule has 1 nitrogen and oxygen atoms in total. The van der Waals surface area contributed by atoms with E-state index in [1.54, 1.807) is 0 Å². The van der Waals surface area contributed by atoms with Gasteiger partial charge in [-0.25, -0.2) is 0 Å². The molecule has 0 amide bonds. The lowest BCUT2D eigenvalue weighted by Crippen LogP contribution is -2.39. The molecular formula is C17H26O. The Morgan fingerprint density at radius 1 is 1.00 bits per heavy atom. The first kappa shape index (κ1) is 13.6. The summed E-state index contributed by atoms with van der Waals surface area (Å²) in [5, 5.41) is 10.8. The minimum absolute atomic E-state index is 0.143. The minimum atomic E-state index is -0.224. The number of rotatable bonds is 3. The predicted molar refractivity (Wildman–Crippen MR) is 76.7 cm³/mol. The highest BCUT2D eigenvalue weighted by Crippen LogP contribution is 2.36. The second-order valence-corrected chi connectivity index (χ2v) is 6.28. The molecule has 100 valence electrons. The molecule has 1 fully saturated rings. The second kappa shape index (κ2) is 5.88. The van der Waals surface area contributed by atoms with Crippen molar-refractivity contribution in [3.8, 4) is 0 Å². The summed E-state index contributed by atoms with van der Waals surface area (Å²) in [7, 11) is 0. The van der Waals surface area contributed by atoms with Crippen LogP contribution in [0.15, 0.2) is 30.3 Å². The van der Waals surface area contributed by atoms with Gasteiger partial charge in [0.1, 0.15) is 0 Å². The lowest BCUT2D eigenvalue weighted by molar-refractivity contribution is 0.0364. The van der Waals surface area contributed by atoms with E-state index in [1.165, 1.54) is 44.1 Å². The largest absolute Gasteiger partial charge is 0.392 e. The third-order valence-electron chi connectivity index (χ3n) is 4.60. The van der Waals surface area contributed by atoms with Crippen molar-refractivity contribution < 1.29 is 5.11 Å². The molecule has 0 aromatic heterocycles. The van der Waals surface area contributed by atoms with Gasteiger partial charge < -0.3 is 5.11 Å². The summed E-state index contributed by atoms with van der Waals surface area (Å²) < 4.78 is 0. The van der Waals surface area contributed by atoms with Gasteiger partial charge in [-0.2, -0.15) is 0 Å². The van der Waals surface area contributed by atoms with Crippen molar-refractivity contribution >= 4 is 0 Å². The van der Waals surface area contributed by atoms with Crippen LogP contribution in [0.25, 0.3) is 0 Å². The molecule has 0 spiro atoms.